The second-order valence-electron chi connectivity index (χ2n) is 9.74. The van der Waals surface area contributed by atoms with Gasteiger partial charge in [-0.05, 0) is 43.2 Å². The van der Waals surface area contributed by atoms with Crippen LogP contribution in [0.15, 0.2) is 48.5 Å². The minimum Gasteiger partial charge on any atom is -0.396 e. The van der Waals surface area contributed by atoms with E-state index in [4.69, 9.17) is 5.11 Å². The Kier molecular flexibility index (Phi) is 29.9. The zero-order valence-electron chi connectivity index (χ0n) is 23.3. The summed E-state index contributed by atoms with van der Waals surface area (Å²) in [6, 6.07) is 17.7. The topological polar surface area (TPSA) is 20.2 Å². The molecule has 0 aliphatic carbocycles. The first-order valence-electron chi connectivity index (χ1n) is 12.8. The SMILES string of the molecule is C.C.C.CCC.CCC(C)(CC)CO.CCCC.Cc1ccc(C(C)(C)c2ccc(C)cc2)cc1. The van der Waals surface area contributed by atoms with Gasteiger partial charge in [0.25, 0.3) is 0 Å². The van der Waals surface area contributed by atoms with E-state index in [0.717, 1.165) is 12.8 Å². The van der Waals surface area contributed by atoms with Gasteiger partial charge in [0.15, 0.2) is 0 Å². The third kappa shape index (κ3) is 18.3. The van der Waals surface area contributed by atoms with Gasteiger partial charge in [-0.1, -0.05) is 164 Å². The summed E-state index contributed by atoms with van der Waals surface area (Å²) in [6.07, 6.45) is 6.03. The molecule has 2 rings (SSSR count). The molecule has 0 fully saturated rings. The van der Waals surface area contributed by atoms with E-state index in [9.17, 15) is 0 Å². The molecule has 208 valence electrons. The monoisotopic (exact) mass is 491 g/mol. The molecule has 0 atom stereocenters. The van der Waals surface area contributed by atoms with E-state index in [1.165, 1.54) is 41.5 Å². The first-order chi connectivity index (χ1) is 15.0. The van der Waals surface area contributed by atoms with Gasteiger partial charge < -0.3 is 5.11 Å². The molecule has 0 amide bonds. The van der Waals surface area contributed by atoms with Crippen LogP contribution in [0, 0.1) is 19.3 Å². The second kappa shape index (κ2) is 24.1. The van der Waals surface area contributed by atoms with Crippen LogP contribution in [0.3, 0.4) is 0 Å². The molecule has 2 aromatic rings. The molecule has 0 aliphatic heterocycles. The van der Waals surface area contributed by atoms with Crippen molar-refractivity contribution in [1.82, 2.24) is 0 Å². The Hall–Kier alpha value is -1.60. The maximum atomic E-state index is 8.79. The third-order valence-electron chi connectivity index (χ3n) is 6.14. The smallest absolute Gasteiger partial charge is 0.0484 e. The minimum absolute atomic E-state index is 0. The van der Waals surface area contributed by atoms with Crippen LogP contribution in [0.4, 0.5) is 0 Å². The Morgan fingerprint density at radius 2 is 0.829 bits per heavy atom. The average molecular weight is 491 g/mol. The van der Waals surface area contributed by atoms with E-state index in [-0.39, 0.29) is 33.1 Å². The molecule has 0 bridgehead atoms. The Labute approximate surface area is 223 Å². The van der Waals surface area contributed by atoms with Gasteiger partial charge in [0.05, 0.1) is 0 Å². The van der Waals surface area contributed by atoms with Gasteiger partial charge in [-0.3, -0.25) is 0 Å². The predicted molar refractivity (Wildman–Crippen MR) is 167 cm³/mol. The maximum Gasteiger partial charge on any atom is 0.0484 e. The van der Waals surface area contributed by atoms with Crippen molar-refractivity contribution in [2.75, 3.05) is 6.61 Å². The first kappa shape index (κ1) is 43.5. The molecule has 1 nitrogen and oxygen atoms in total. The first-order valence-corrected chi connectivity index (χ1v) is 12.8. The second-order valence-corrected chi connectivity index (χ2v) is 9.74. The summed E-state index contributed by atoms with van der Waals surface area (Å²) >= 11 is 0. The molecular weight excluding hydrogens is 424 g/mol. The molecule has 0 heterocycles. The van der Waals surface area contributed by atoms with Gasteiger partial charge in [-0.2, -0.15) is 0 Å². The quantitative estimate of drug-likeness (QED) is 0.427. The average Bonchev–Trinajstić information content (AvgIpc) is 2.80. The lowest BCUT2D eigenvalue weighted by molar-refractivity contribution is 0.133. The molecule has 0 aromatic heterocycles. The number of aliphatic hydroxyl groups is 1. The summed E-state index contributed by atoms with van der Waals surface area (Å²) in [5.74, 6) is 0. The molecule has 2 aromatic carbocycles. The molecule has 0 saturated heterocycles. The molecule has 0 unspecified atom stereocenters. The number of unbranched alkanes of at least 4 members (excludes halogenated alkanes) is 1. The van der Waals surface area contributed by atoms with E-state index in [2.05, 4.69) is 125 Å². The van der Waals surface area contributed by atoms with E-state index >= 15 is 0 Å². The largest absolute Gasteiger partial charge is 0.396 e. The fourth-order valence-corrected chi connectivity index (χ4v) is 2.58. The van der Waals surface area contributed by atoms with Gasteiger partial charge in [0.1, 0.15) is 0 Å². The number of aryl methyl sites for hydroxylation is 2. The zero-order chi connectivity index (χ0) is 25.2. The van der Waals surface area contributed by atoms with Crippen LogP contribution < -0.4 is 0 Å². The summed E-state index contributed by atoms with van der Waals surface area (Å²) in [4.78, 5) is 0. The summed E-state index contributed by atoms with van der Waals surface area (Å²) in [5, 5.41) is 8.79. The van der Waals surface area contributed by atoms with Crippen LogP contribution in [-0.2, 0) is 5.41 Å². The van der Waals surface area contributed by atoms with Gasteiger partial charge >= 0.3 is 0 Å². The van der Waals surface area contributed by atoms with Gasteiger partial charge in [0.2, 0.25) is 0 Å². The Balaban J connectivity index is -0.000000142. The maximum absolute atomic E-state index is 8.79. The van der Waals surface area contributed by atoms with Crippen molar-refractivity contribution in [3.8, 4) is 0 Å². The summed E-state index contributed by atoms with van der Waals surface area (Å²) in [5.41, 5.74) is 5.61. The molecular formula is C34H66O. The van der Waals surface area contributed by atoms with E-state index in [0.29, 0.717) is 6.61 Å². The third-order valence-corrected chi connectivity index (χ3v) is 6.14. The molecule has 0 aliphatic rings. The van der Waals surface area contributed by atoms with Crippen molar-refractivity contribution in [2.24, 2.45) is 5.41 Å². The van der Waals surface area contributed by atoms with Gasteiger partial charge in [0, 0.05) is 12.0 Å². The highest BCUT2D eigenvalue weighted by Crippen LogP contribution is 2.31. The zero-order valence-corrected chi connectivity index (χ0v) is 23.3. The fourth-order valence-electron chi connectivity index (χ4n) is 2.58. The van der Waals surface area contributed by atoms with Crippen LogP contribution in [0.5, 0.6) is 0 Å². The highest BCUT2D eigenvalue weighted by molar-refractivity contribution is 5.39. The number of hydrogen-bond acceptors (Lipinski definition) is 1. The molecule has 0 spiro atoms. The summed E-state index contributed by atoms with van der Waals surface area (Å²) in [6.45, 7) is 24.1. The lowest BCUT2D eigenvalue weighted by Crippen LogP contribution is -2.18. The summed E-state index contributed by atoms with van der Waals surface area (Å²) < 4.78 is 0. The van der Waals surface area contributed by atoms with Crippen molar-refractivity contribution in [3.05, 3.63) is 70.8 Å². The van der Waals surface area contributed by atoms with Crippen LogP contribution in [0.2, 0.25) is 0 Å². The van der Waals surface area contributed by atoms with Crippen molar-refractivity contribution < 1.29 is 5.11 Å². The van der Waals surface area contributed by atoms with Crippen LogP contribution in [-0.4, -0.2) is 11.7 Å². The molecule has 35 heavy (non-hydrogen) atoms. The Bertz CT molecular complexity index is 603. The molecule has 1 heteroatoms. The van der Waals surface area contributed by atoms with Crippen molar-refractivity contribution in [3.63, 3.8) is 0 Å². The summed E-state index contributed by atoms with van der Waals surface area (Å²) in [7, 11) is 0. The van der Waals surface area contributed by atoms with Gasteiger partial charge in [-0.25, -0.2) is 0 Å². The number of benzene rings is 2. The van der Waals surface area contributed by atoms with E-state index < -0.39 is 0 Å². The lowest BCUT2D eigenvalue weighted by atomic mass is 9.78. The highest BCUT2D eigenvalue weighted by Gasteiger charge is 2.22. The van der Waals surface area contributed by atoms with Crippen molar-refractivity contribution >= 4 is 0 Å². The van der Waals surface area contributed by atoms with Crippen molar-refractivity contribution in [2.45, 2.75) is 136 Å². The molecule has 1 N–H and O–H groups in total. The highest BCUT2D eigenvalue weighted by atomic mass is 16.3. The molecule has 0 radical (unpaired) electrons. The molecule has 0 saturated carbocycles. The Morgan fingerprint density at radius 3 is 0.971 bits per heavy atom. The Morgan fingerprint density at radius 1 is 0.571 bits per heavy atom. The lowest BCUT2D eigenvalue weighted by Gasteiger charge is -2.26. The predicted octanol–water partition coefficient (Wildman–Crippen LogP) is 11.6. The van der Waals surface area contributed by atoms with Gasteiger partial charge in [-0.15, -0.1) is 0 Å². The number of hydrogen-bond donors (Lipinski definition) is 1. The normalized spacial score (nSPS) is 9.71. The standard InChI is InChI=1S/C17H20.C7H16O.C4H10.C3H8.3CH4/c1-13-5-9-15(10-6-13)17(3,4)16-11-7-14(2)8-12-16;1-4-7(3,5-2)6-8;1-3-4-2;1-3-2;;;/h5-12H,1-4H3;8H,4-6H2,1-3H3;3-4H2,1-2H3;3H2,1-2H3;3*1H4. The number of aliphatic hydroxyl groups excluding tert-OH is 1. The fraction of sp³-hybridized carbons (Fsp3) is 0.647. The van der Waals surface area contributed by atoms with E-state index in [1.807, 2.05) is 0 Å². The van der Waals surface area contributed by atoms with Crippen LogP contribution >= 0.6 is 0 Å². The number of rotatable bonds is 6. The van der Waals surface area contributed by atoms with E-state index in [1.54, 1.807) is 0 Å². The van der Waals surface area contributed by atoms with Crippen LogP contribution in [0.25, 0.3) is 0 Å². The van der Waals surface area contributed by atoms with Crippen LogP contribution in [0.1, 0.15) is 139 Å². The van der Waals surface area contributed by atoms with Crippen molar-refractivity contribution in [1.29, 1.82) is 0 Å². The minimum atomic E-state index is 0.